The van der Waals surface area contributed by atoms with Gasteiger partial charge in [-0.05, 0) is 45.0 Å². The summed E-state index contributed by atoms with van der Waals surface area (Å²) < 4.78 is 19.4. The molecule has 0 aromatic heterocycles. The highest BCUT2D eigenvalue weighted by molar-refractivity contribution is 5.90. The predicted octanol–water partition coefficient (Wildman–Crippen LogP) is 4.43. The fourth-order valence-electron chi connectivity index (χ4n) is 1.96. The van der Waals surface area contributed by atoms with E-state index in [0.29, 0.717) is 0 Å². The average molecular weight is 332 g/mol. The molecule has 0 aliphatic rings. The molecule has 0 saturated carbocycles. The molecule has 0 saturated heterocycles. The van der Waals surface area contributed by atoms with E-state index in [9.17, 15) is 19.3 Å². The van der Waals surface area contributed by atoms with Crippen LogP contribution in [0, 0.1) is 15.9 Å². The lowest BCUT2D eigenvalue weighted by Crippen LogP contribution is -2.24. The Labute approximate surface area is 138 Å². The Morgan fingerprint density at radius 1 is 1.17 bits per heavy atom. The molecule has 0 aliphatic heterocycles. The Morgan fingerprint density at radius 3 is 2.42 bits per heavy atom. The first kappa shape index (κ1) is 17.4. The minimum Gasteiger partial charge on any atom is -0.456 e. The van der Waals surface area contributed by atoms with Crippen LogP contribution in [0.4, 0.5) is 21.5 Å². The largest absolute Gasteiger partial charge is 0.456 e. The van der Waals surface area contributed by atoms with Gasteiger partial charge in [-0.15, -0.1) is 0 Å². The molecule has 0 unspecified atom stereocenters. The van der Waals surface area contributed by atoms with Crippen molar-refractivity contribution in [2.75, 3.05) is 5.32 Å². The normalized spacial score (nSPS) is 11.0. The lowest BCUT2D eigenvalue weighted by molar-refractivity contribution is -0.383. The number of carbonyl (C=O) groups is 1. The standard InChI is InChI=1S/C17H17FN2O4/c1-17(2,3)24-16(21)11-8-9-13(12(18)10-11)19-14-6-4-5-7-15(14)20(22)23/h4-10,19H,1-3H3. The maximum Gasteiger partial charge on any atom is 0.338 e. The number of hydrogen-bond acceptors (Lipinski definition) is 5. The van der Waals surface area contributed by atoms with Crippen molar-refractivity contribution < 1.29 is 18.8 Å². The molecular formula is C17H17FN2O4. The van der Waals surface area contributed by atoms with Gasteiger partial charge in [-0.3, -0.25) is 10.1 Å². The smallest absolute Gasteiger partial charge is 0.338 e. The summed E-state index contributed by atoms with van der Waals surface area (Å²) in [5.41, 5.74) is -0.610. The van der Waals surface area contributed by atoms with E-state index in [1.54, 1.807) is 26.8 Å². The fourth-order valence-corrected chi connectivity index (χ4v) is 1.96. The summed E-state index contributed by atoms with van der Waals surface area (Å²) in [6, 6.07) is 9.67. The molecule has 1 N–H and O–H groups in total. The van der Waals surface area contributed by atoms with E-state index in [-0.39, 0.29) is 22.6 Å². The predicted molar refractivity (Wildman–Crippen MR) is 87.9 cm³/mol. The van der Waals surface area contributed by atoms with Crippen LogP contribution in [-0.4, -0.2) is 16.5 Å². The van der Waals surface area contributed by atoms with Crippen LogP contribution in [0.3, 0.4) is 0 Å². The van der Waals surface area contributed by atoms with E-state index in [4.69, 9.17) is 4.74 Å². The Balaban J connectivity index is 2.25. The fraction of sp³-hybridized carbons (Fsp3) is 0.235. The number of anilines is 2. The van der Waals surface area contributed by atoms with E-state index < -0.39 is 22.3 Å². The van der Waals surface area contributed by atoms with Crippen molar-refractivity contribution >= 4 is 23.0 Å². The first-order valence-electron chi connectivity index (χ1n) is 7.21. The van der Waals surface area contributed by atoms with Crippen LogP contribution in [0.25, 0.3) is 0 Å². The van der Waals surface area contributed by atoms with Crippen LogP contribution in [-0.2, 0) is 4.74 Å². The first-order chi connectivity index (χ1) is 11.2. The van der Waals surface area contributed by atoms with Gasteiger partial charge in [0.05, 0.1) is 16.2 Å². The lowest BCUT2D eigenvalue weighted by atomic mass is 10.1. The quantitative estimate of drug-likeness (QED) is 0.509. The zero-order valence-corrected chi connectivity index (χ0v) is 13.5. The number of hydrogen-bond donors (Lipinski definition) is 1. The number of nitro benzene ring substituents is 1. The number of nitro groups is 1. The van der Waals surface area contributed by atoms with Gasteiger partial charge in [-0.2, -0.15) is 0 Å². The Morgan fingerprint density at radius 2 is 1.83 bits per heavy atom. The van der Waals surface area contributed by atoms with Crippen molar-refractivity contribution in [1.29, 1.82) is 0 Å². The van der Waals surface area contributed by atoms with Gasteiger partial charge in [-0.25, -0.2) is 9.18 Å². The Bertz CT molecular complexity index is 784. The molecule has 0 atom stereocenters. The van der Waals surface area contributed by atoms with Gasteiger partial charge in [0.1, 0.15) is 17.1 Å². The summed E-state index contributed by atoms with van der Waals surface area (Å²) in [4.78, 5) is 22.4. The number of esters is 1. The van der Waals surface area contributed by atoms with Crippen LogP contribution < -0.4 is 5.32 Å². The van der Waals surface area contributed by atoms with Crippen LogP contribution in [0.1, 0.15) is 31.1 Å². The van der Waals surface area contributed by atoms with Crippen molar-refractivity contribution in [3.63, 3.8) is 0 Å². The Hall–Kier alpha value is -2.96. The van der Waals surface area contributed by atoms with Gasteiger partial charge in [0.15, 0.2) is 0 Å². The van der Waals surface area contributed by atoms with Crippen molar-refractivity contribution in [3.05, 3.63) is 64.0 Å². The number of nitrogens with zero attached hydrogens (tertiary/aromatic N) is 1. The molecule has 0 heterocycles. The topological polar surface area (TPSA) is 81.5 Å². The molecule has 0 radical (unpaired) electrons. The van der Waals surface area contributed by atoms with Gasteiger partial charge >= 0.3 is 5.97 Å². The van der Waals surface area contributed by atoms with E-state index in [1.807, 2.05) is 0 Å². The number of rotatable bonds is 4. The molecule has 0 fully saturated rings. The van der Waals surface area contributed by atoms with E-state index in [0.717, 1.165) is 6.07 Å². The highest BCUT2D eigenvalue weighted by atomic mass is 19.1. The molecule has 2 aromatic rings. The van der Waals surface area contributed by atoms with Crippen LogP contribution >= 0.6 is 0 Å². The maximum absolute atomic E-state index is 14.2. The molecule has 126 valence electrons. The second-order valence-corrected chi connectivity index (χ2v) is 6.10. The third-order valence-electron chi connectivity index (χ3n) is 2.97. The number of carbonyl (C=O) groups excluding carboxylic acids is 1. The highest BCUT2D eigenvalue weighted by Crippen LogP contribution is 2.28. The molecular weight excluding hydrogens is 315 g/mol. The second kappa shape index (κ2) is 6.66. The second-order valence-electron chi connectivity index (χ2n) is 6.10. The van der Waals surface area contributed by atoms with Crippen molar-refractivity contribution in [2.24, 2.45) is 0 Å². The zero-order chi connectivity index (χ0) is 17.9. The summed E-state index contributed by atoms with van der Waals surface area (Å²) in [5.74, 6) is -1.35. The van der Waals surface area contributed by atoms with Gasteiger partial charge in [-0.1, -0.05) is 12.1 Å². The van der Waals surface area contributed by atoms with E-state index in [2.05, 4.69) is 5.32 Å². The third-order valence-corrected chi connectivity index (χ3v) is 2.97. The summed E-state index contributed by atoms with van der Waals surface area (Å²) in [6.07, 6.45) is 0. The molecule has 6 nitrogen and oxygen atoms in total. The molecule has 0 spiro atoms. The third kappa shape index (κ3) is 4.28. The zero-order valence-electron chi connectivity index (χ0n) is 13.5. The van der Waals surface area contributed by atoms with Crippen molar-refractivity contribution in [2.45, 2.75) is 26.4 Å². The summed E-state index contributed by atoms with van der Waals surface area (Å²) >= 11 is 0. The summed E-state index contributed by atoms with van der Waals surface area (Å²) in [7, 11) is 0. The highest BCUT2D eigenvalue weighted by Gasteiger charge is 2.19. The number of ether oxygens (including phenoxy) is 1. The van der Waals surface area contributed by atoms with E-state index in [1.165, 1.54) is 30.3 Å². The lowest BCUT2D eigenvalue weighted by Gasteiger charge is -2.19. The van der Waals surface area contributed by atoms with Crippen LogP contribution in [0.5, 0.6) is 0 Å². The summed E-state index contributed by atoms with van der Waals surface area (Å²) in [6.45, 7) is 5.14. The molecule has 2 aromatic carbocycles. The van der Waals surface area contributed by atoms with Gasteiger partial charge in [0, 0.05) is 6.07 Å². The van der Waals surface area contributed by atoms with Gasteiger partial charge in [0.25, 0.3) is 5.69 Å². The van der Waals surface area contributed by atoms with E-state index >= 15 is 0 Å². The maximum atomic E-state index is 14.2. The van der Waals surface area contributed by atoms with Crippen molar-refractivity contribution in [3.8, 4) is 0 Å². The molecule has 0 amide bonds. The molecule has 0 bridgehead atoms. The van der Waals surface area contributed by atoms with Crippen LogP contribution in [0.15, 0.2) is 42.5 Å². The number of halogens is 1. The Kier molecular flexibility index (Phi) is 4.82. The van der Waals surface area contributed by atoms with Gasteiger partial charge < -0.3 is 10.1 Å². The monoisotopic (exact) mass is 332 g/mol. The first-order valence-corrected chi connectivity index (χ1v) is 7.21. The number of benzene rings is 2. The molecule has 2 rings (SSSR count). The average Bonchev–Trinajstić information content (AvgIpc) is 2.47. The minimum absolute atomic E-state index is 0.0246. The molecule has 24 heavy (non-hydrogen) atoms. The number of nitrogens with one attached hydrogen (secondary N) is 1. The number of para-hydroxylation sites is 2. The summed E-state index contributed by atoms with van der Waals surface area (Å²) in [5, 5.41) is 13.7. The van der Waals surface area contributed by atoms with Crippen LogP contribution in [0.2, 0.25) is 0 Å². The van der Waals surface area contributed by atoms with Gasteiger partial charge in [0.2, 0.25) is 0 Å². The molecule has 7 heteroatoms. The molecule has 0 aliphatic carbocycles. The minimum atomic E-state index is -0.712. The SMILES string of the molecule is CC(C)(C)OC(=O)c1ccc(Nc2ccccc2[N+](=O)[O-])c(F)c1. The van der Waals surface area contributed by atoms with Crippen molar-refractivity contribution in [1.82, 2.24) is 0 Å².